The Hall–Kier alpha value is -3.00. The lowest BCUT2D eigenvalue weighted by Crippen LogP contribution is -2.11. The number of fused-ring (bicyclic) bond motifs is 1. The summed E-state index contributed by atoms with van der Waals surface area (Å²) in [5.74, 6) is 0.405. The van der Waals surface area contributed by atoms with E-state index in [0.29, 0.717) is 17.3 Å². The van der Waals surface area contributed by atoms with Gasteiger partial charge in [0.2, 0.25) is 0 Å². The lowest BCUT2D eigenvalue weighted by molar-refractivity contribution is -0.384. The number of benzene rings is 2. The van der Waals surface area contributed by atoms with Crippen molar-refractivity contribution in [3.63, 3.8) is 0 Å². The number of nitro groups is 1. The van der Waals surface area contributed by atoms with E-state index in [0.717, 1.165) is 22.4 Å². The average molecular weight is 357 g/mol. The number of aromatic nitrogens is 1. The summed E-state index contributed by atoms with van der Waals surface area (Å²) in [7, 11) is 0. The second-order valence-corrected chi connectivity index (χ2v) is 6.29. The van der Waals surface area contributed by atoms with Gasteiger partial charge in [0.1, 0.15) is 5.75 Å². The Bertz CT molecular complexity index is 921. The molecule has 25 heavy (non-hydrogen) atoms. The van der Waals surface area contributed by atoms with Gasteiger partial charge in [-0.2, -0.15) is 0 Å². The zero-order valence-corrected chi connectivity index (χ0v) is 14.2. The first-order valence-corrected chi connectivity index (χ1v) is 8.47. The van der Waals surface area contributed by atoms with E-state index in [1.165, 1.54) is 35.6 Å². The molecule has 0 fully saturated rings. The van der Waals surface area contributed by atoms with Gasteiger partial charge in [-0.05, 0) is 36.8 Å². The number of thiazole rings is 1. The summed E-state index contributed by atoms with van der Waals surface area (Å²) in [6, 6.07) is 11.0. The molecule has 3 aromatic rings. The highest BCUT2D eigenvalue weighted by molar-refractivity contribution is 7.22. The van der Waals surface area contributed by atoms with E-state index in [4.69, 9.17) is 4.74 Å². The van der Waals surface area contributed by atoms with E-state index in [1.807, 2.05) is 25.1 Å². The molecule has 3 rings (SSSR count). The normalized spacial score (nSPS) is 10.6. The molecular weight excluding hydrogens is 342 g/mol. The molecule has 0 saturated carbocycles. The fraction of sp³-hybridized carbons (Fsp3) is 0.176. The van der Waals surface area contributed by atoms with Crippen molar-refractivity contribution in [1.29, 1.82) is 0 Å². The molecule has 1 N–H and O–H groups in total. The van der Waals surface area contributed by atoms with Crippen LogP contribution in [0.15, 0.2) is 42.5 Å². The van der Waals surface area contributed by atoms with Gasteiger partial charge in [-0.25, -0.2) is 4.98 Å². The van der Waals surface area contributed by atoms with Gasteiger partial charge < -0.3 is 4.74 Å². The van der Waals surface area contributed by atoms with Crippen molar-refractivity contribution in [2.24, 2.45) is 0 Å². The highest BCUT2D eigenvalue weighted by Gasteiger charge is 2.12. The van der Waals surface area contributed by atoms with Crippen molar-refractivity contribution < 1.29 is 14.5 Å². The minimum atomic E-state index is -0.507. The Morgan fingerprint density at radius 1 is 1.28 bits per heavy atom. The number of amides is 1. The molecule has 0 spiro atoms. The maximum atomic E-state index is 12.2. The number of hydrogen-bond donors (Lipinski definition) is 1. The molecule has 0 aliphatic carbocycles. The van der Waals surface area contributed by atoms with Gasteiger partial charge in [-0.15, -0.1) is 0 Å². The first-order valence-electron chi connectivity index (χ1n) is 7.66. The molecule has 0 unspecified atom stereocenters. The lowest BCUT2D eigenvalue weighted by Gasteiger charge is -2.02. The van der Waals surface area contributed by atoms with Gasteiger partial charge >= 0.3 is 0 Å². The molecule has 1 aromatic heterocycles. The fourth-order valence-corrected chi connectivity index (χ4v) is 3.06. The van der Waals surface area contributed by atoms with Crippen molar-refractivity contribution >= 4 is 38.3 Å². The predicted molar refractivity (Wildman–Crippen MR) is 96.5 cm³/mol. The zero-order valence-electron chi connectivity index (χ0n) is 13.4. The number of non-ortho nitro benzene ring substituents is 1. The van der Waals surface area contributed by atoms with Crippen molar-refractivity contribution in [1.82, 2.24) is 4.98 Å². The van der Waals surface area contributed by atoms with Gasteiger partial charge in [-0.1, -0.05) is 18.3 Å². The molecule has 1 amide bonds. The van der Waals surface area contributed by atoms with Gasteiger partial charge in [0, 0.05) is 17.7 Å². The number of nitrogens with zero attached hydrogens (tertiary/aromatic N) is 2. The monoisotopic (exact) mass is 357 g/mol. The molecule has 0 aliphatic heterocycles. The molecule has 7 nitrogen and oxygen atoms in total. The van der Waals surface area contributed by atoms with Crippen LogP contribution in [0.1, 0.15) is 23.7 Å². The number of carbonyl (C=O) groups excluding carboxylic acids is 1. The summed E-state index contributed by atoms with van der Waals surface area (Å²) in [6.45, 7) is 2.69. The van der Waals surface area contributed by atoms with Crippen LogP contribution in [-0.4, -0.2) is 22.4 Å². The Balaban J connectivity index is 1.75. The summed E-state index contributed by atoms with van der Waals surface area (Å²) < 4.78 is 6.50. The van der Waals surface area contributed by atoms with E-state index in [-0.39, 0.29) is 11.6 Å². The maximum Gasteiger partial charge on any atom is 0.269 e. The smallest absolute Gasteiger partial charge is 0.269 e. The number of ether oxygens (including phenoxy) is 1. The average Bonchev–Trinajstić information content (AvgIpc) is 3.01. The van der Waals surface area contributed by atoms with Crippen LogP contribution in [0.25, 0.3) is 10.2 Å². The van der Waals surface area contributed by atoms with Gasteiger partial charge in [0.15, 0.2) is 5.13 Å². The molecule has 0 aliphatic rings. The SMILES string of the molecule is CCCOc1ccc2nc(NC(=O)c3ccc([N+](=O)[O-])cc3)sc2c1. The van der Waals surface area contributed by atoms with E-state index in [9.17, 15) is 14.9 Å². The lowest BCUT2D eigenvalue weighted by atomic mass is 10.2. The van der Waals surface area contributed by atoms with Crippen LogP contribution in [-0.2, 0) is 0 Å². The highest BCUT2D eigenvalue weighted by Crippen LogP contribution is 2.29. The van der Waals surface area contributed by atoms with Crippen LogP contribution >= 0.6 is 11.3 Å². The topological polar surface area (TPSA) is 94.4 Å². The number of nitrogens with one attached hydrogen (secondary N) is 1. The summed E-state index contributed by atoms with van der Waals surface area (Å²) in [4.78, 5) is 26.8. The Morgan fingerprint density at radius 2 is 2.04 bits per heavy atom. The quantitative estimate of drug-likeness (QED) is 0.526. The molecule has 0 atom stereocenters. The van der Waals surface area contributed by atoms with Crippen molar-refractivity contribution in [3.05, 3.63) is 58.1 Å². The Kier molecular flexibility index (Phi) is 4.90. The van der Waals surface area contributed by atoms with Crippen LogP contribution in [0.4, 0.5) is 10.8 Å². The number of nitro benzene ring substituents is 1. The summed E-state index contributed by atoms with van der Waals surface area (Å²) in [5, 5.41) is 13.8. The van der Waals surface area contributed by atoms with Gasteiger partial charge in [-0.3, -0.25) is 20.2 Å². The third-order valence-electron chi connectivity index (χ3n) is 3.39. The summed E-state index contributed by atoms with van der Waals surface area (Å²) >= 11 is 1.34. The first-order chi connectivity index (χ1) is 12.1. The maximum absolute atomic E-state index is 12.2. The molecule has 0 radical (unpaired) electrons. The number of hydrogen-bond acceptors (Lipinski definition) is 6. The molecule has 2 aromatic carbocycles. The van der Waals surface area contributed by atoms with E-state index in [1.54, 1.807) is 0 Å². The van der Waals surface area contributed by atoms with Crippen molar-refractivity contribution in [2.75, 3.05) is 11.9 Å². The third-order valence-corrected chi connectivity index (χ3v) is 4.33. The Morgan fingerprint density at radius 3 is 2.72 bits per heavy atom. The largest absolute Gasteiger partial charge is 0.494 e. The number of rotatable bonds is 6. The number of carbonyl (C=O) groups is 1. The first kappa shape index (κ1) is 16.8. The second kappa shape index (κ2) is 7.27. The van der Waals surface area contributed by atoms with Gasteiger partial charge in [0.25, 0.3) is 11.6 Å². The number of anilines is 1. The third kappa shape index (κ3) is 3.92. The van der Waals surface area contributed by atoms with E-state index >= 15 is 0 Å². The van der Waals surface area contributed by atoms with Crippen LogP contribution in [0, 0.1) is 10.1 Å². The molecule has 0 saturated heterocycles. The van der Waals surface area contributed by atoms with Crippen LogP contribution < -0.4 is 10.1 Å². The second-order valence-electron chi connectivity index (χ2n) is 5.26. The molecule has 128 valence electrons. The fourth-order valence-electron chi connectivity index (χ4n) is 2.17. The van der Waals surface area contributed by atoms with Gasteiger partial charge in [0.05, 0.1) is 21.7 Å². The summed E-state index contributed by atoms with van der Waals surface area (Å²) in [5.41, 5.74) is 1.04. The zero-order chi connectivity index (χ0) is 17.8. The van der Waals surface area contributed by atoms with Crippen molar-refractivity contribution in [2.45, 2.75) is 13.3 Å². The predicted octanol–water partition coefficient (Wildman–Crippen LogP) is 4.25. The van der Waals surface area contributed by atoms with Crippen LogP contribution in [0.2, 0.25) is 0 Å². The molecule has 8 heteroatoms. The summed E-state index contributed by atoms with van der Waals surface area (Å²) in [6.07, 6.45) is 0.928. The van der Waals surface area contributed by atoms with Crippen LogP contribution in [0.3, 0.4) is 0 Å². The molecule has 1 heterocycles. The van der Waals surface area contributed by atoms with E-state index in [2.05, 4.69) is 10.3 Å². The van der Waals surface area contributed by atoms with Crippen molar-refractivity contribution in [3.8, 4) is 5.75 Å². The molecule has 0 bridgehead atoms. The minimum Gasteiger partial charge on any atom is -0.494 e. The minimum absolute atomic E-state index is 0.0591. The highest BCUT2D eigenvalue weighted by atomic mass is 32.1. The standard InChI is InChI=1S/C17H15N3O4S/c1-2-9-24-13-7-8-14-15(10-13)25-17(18-14)19-16(21)11-3-5-12(6-4-11)20(22)23/h3-8,10H,2,9H2,1H3,(H,18,19,21). The molecular formula is C17H15N3O4S. The Labute approximate surface area is 147 Å². The van der Waals surface area contributed by atoms with Crippen LogP contribution in [0.5, 0.6) is 5.75 Å². The van der Waals surface area contributed by atoms with E-state index < -0.39 is 4.92 Å².